The van der Waals surface area contributed by atoms with Crippen molar-refractivity contribution in [1.82, 2.24) is 10.3 Å². The molecule has 1 amide bonds. The Morgan fingerprint density at radius 3 is 2.63 bits per heavy atom. The highest BCUT2D eigenvalue weighted by molar-refractivity contribution is 6.06. The number of carbonyl (C=O) groups is 2. The number of esters is 1. The van der Waals surface area contributed by atoms with E-state index in [1.165, 1.54) is 26.4 Å². The van der Waals surface area contributed by atoms with Crippen LogP contribution in [-0.2, 0) is 16.0 Å². The Labute approximate surface area is 171 Å². The molecule has 0 saturated heterocycles. The molecule has 30 heavy (non-hydrogen) atoms. The van der Waals surface area contributed by atoms with Gasteiger partial charge in [-0.25, -0.2) is 4.79 Å². The van der Waals surface area contributed by atoms with E-state index in [4.69, 9.17) is 9.47 Å². The van der Waals surface area contributed by atoms with E-state index in [9.17, 15) is 19.7 Å². The largest absolute Gasteiger partial charge is 0.490 e. The summed E-state index contributed by atoms with van der Waals surface area (Å²) >= 11 is 0. The van der Waals surface area contributed by atoms with E-state index >= 15 is 0 Å². The summed E-state index contributed by atoms with van der Waals surface area (Å²) in [4.78, 5) is 40.1. The fourth-order valence-corrected chi connectivity index (χ4v) is 3.10. The zero-order valence-corrected chi connectivity index (χ0v) is 16.3. The van der Waals surface area contributed by atoms with Gasteiger partial charge in [0.1, 0.15) is 6.04 Å². The molecule has 0 spiro atoms. The average molecular weight is 409 g/mol. The molecule has 3 rings (SSSR count). The van der Waals surface area contributed by atoms with Gasteiger partial charge in [0, 0.05) is 24.1 Å². The third-order valence-electron chi connectivity index (χ3n) is 4.55. The number of carbonyl (C=O) groups excluding carboxylic acids is 2. The van der Waals surface area contributed by atoms with Gasteiger partial charge in [0.25, 0.3) is 5.91 Å². The van der Waals surface area contributed by atoms with E-state index in [0.717, 1.165) is 5.39 Å². The molecule has 0 aliphatic heterocycles. The number of pyridine rings is 1. The summed E-state index contributed by atoms with van der Waals surface area (Å²) in [5.41, 5.74) is 1.04. The van der Waals surface area contributed by atoms with Crippen LogP contribution in [-0.4, -0.2) is 42.0 Å². The molecule has 154 valence electrons. The van der Waals surface area contributed by atoms with Crippen LogP contribution in [0.4, 0.5) is 5.69 Å². The molecule has 1 heterocycles. The summed E-state index contributed by atoms with van der Waals surface area (Å²) < 4.78 is 9.79. The van der Waals surface area contributed by atoms with Gasteiger partial charge in [-0.3, -0.25) is 19.9 Å². The Bertz CT molecular complexity index is 1110. The van der Waals surface area contributed by atoms with Gasteiger partial charge in [0.05, 0.1) is 30.2 Å². The number of rotatable bonds is 7. The van der Waals surface area contributed by atoms with Gasteiger partial charge in [-0.2, -0.15) is 0 Å². The van der Waals surface area contributed by atoms with Gasteiger partial charge in [-0.05, 0) is 23.8 Å². The van der Waals surface area contributed by atoms with Crippen molar-refractivity contribution in [1.29, 1.82) is 0 Å². The molecule has 3 aromatic rings. The molecule has 1 aromatic heterocycles. The predicted molar refractivity (Wildman–Crippen MR) is 108 cm³/mol. The van der Waals surface area contributed by atoms with Crippen LogP contribution in [0.25, 0.3) is 10.9 Å². The SMILES string of the molecule is COC(=O)[C@H](Cc1ccc(OC)c([N+](=O)[O-])c1)NC(=O)c1cccc2cccnc12. The molecule has 0 fully saturated rings. The van der Waals surface area contributed by atoms with Crippen molar-refractivity contribution in [2.75, 3.05) is 14.2 Å². The Hall–Kier alpha value is -4.01. The first-order valence-corrected chi connectivity index (χ1v) is 8.98. The molecule has 0 radical (unpaired) electrons. The molecule has 0 aliphatic carbocycles. The summed E-state index contributed by atoms with van der Waals surface area (Å²) in [6.07, 6.45) is 1.58. The summed E-state index contributed by atoms with van der Waals surface area (Å²) in [5, 5.41) is 14.7. The second kappa shape index (κ2) is 8.99. The number of methoxy groups -OCH3 is 2. The Balaban J connectivity index is 1.88. The Morgan fingerprint density at radius 2 is 1.93 bits per heavy atom. The quantitative estimate of drug-likeness (QED) is 0.362. The first-order valence-electron chi connectivity index (χ1n) is 8.98. The lowest BCUT2D eigenvalue weighted by molar-refractivity contribution is -0.385. The minimum Gasteiger partial charge on any atom is -0.490 e. The number of hydrogen-bond donors (Lipinski definition) is 1. The van der Waals surface area contributed by atoms with Crippen LogP contribution in [0, 0.1) is 10.1 Å². The monoisotopic (exact) mass is 409 g/mol. The molecule has 0 saturated carbocycles. The lowest BCUT2D eigenvalue weighted by Gasteiger charge is -2.17. The molecule has 0 bridgehead atoms. The standard InChI is InChI=1S/C21H19N3O6/c1-29-18-9-8-13(12-17(18)24(27)28)11-16(21(26)30-2)23-20(25)15-7-3-5-14-6-4-10-22-19(14)15/h3-10,12,16H,11H2,1-2H3,(H,23,25)/t16-/m0/s1. The first-order chi connectivity index (χ1) is 14.4. The highest BCUT2D eigenvalue weighted by Gasteiger charge is 2.25. The summed E-state index contributed by atoms with van der Waals surface area (Å²) in [6.45, 7) is 0. The fourth-order valence-electron chi connectivity index (χ4n) is 3.10. The zero-order chi connectivity index (χ0) is 21.7. The van der Waals surface area contributed by atoms with Crippen molar-refractivity contribution in [3.63, 3.8) is 0 Å². The highest BCUT2D eigenvalue weighted by Crippen LogP contribution is 2.28. The number of amides is 1. The molecule has 9 nitrogen and oxygen atoms in total. The van der Waals surface area contributed by atoms with Crippen LogP contribution in [0.15, 0.2) is 54.7 Å². The molecular formula is C21H19N3O6. The number of benzene rings is 2. The maximum absolute atomic E-state index is 12.9. The normalized spacial score (nSPS) is 11.5. The van der Waals surface area contributed by atoms with E-state index in [1.54, 1.807) is 30.5 Å². The van der Waals surface area contributed by atoms with Gasteiger partial charge in [-0.15, -0.1) is 0 Å². The molecule has 1 atom stereocenters. The van der Waals surface area contributed by atoms with Gasteiger partial charge in [0.15, 0.2) is 5.75 Å². The van der Waals surface area contributed by atoms with Crippen molar-refractivity contribution < 1.29 is 24.0 Å². The fraction of sp³-hybridized carbons (Fsp3) is 0.190. The second-order valence-corrected chi connectivity index (χ2v) is 6.40. The number of fused-ring (bicyclic) bond motifs is 1. The Morgan fingerprint density at radius 1 is 1.17 bits per heavy atom. The van der Waals surface area contributed by atoms with Crippen molar-refractivity contribution in [3.8, 4) is 5.75 Å². The number of nitrogens with one attached hydrogen (secondary N) is 1. The summed E-state index contributed by atoms with van der Waals surface area (Å²) in [6, 6.07) is 12.0. The van der Waals surface area contributed by atoms with Crippen LogP contribution in [0.3, 0.4) is 0 Å². The number of nitro groups is 1. The molecule has 1 N–H and O–H groups in total. The number of para-hydroxylation sites is 1. The van der Waals surface area contributed by atoms with Gasteiger partial charge in [0.2, 0.25) is 0 Å². The van der Waals surface area contributed by atoms with Crippen LogP contribution >= 0.6 is 0 Å². The van der Waals surface area contributed by atoms with E-state index in [1.807, 2.05) is 12.1 Å². The van der Waals surface area contributed by atoms with Crippen LogP contribution in [0.5, 0.6) is 5.75 Å². The van der Waals surface area contributed by atoms with Crippen molar-refractivity contribution in [2.24, 2.45) is 0 Å². The molecular weight excluding hydrogens is 390 g/mol. The molecule has 2 aromatic carbocycles. The molecule has 0 aliphatic rings. The van der Waals surface area contributed by atoms with Gasteiger partial charge in [-0.1, -0.05) is 24.3 Å². The number of hydrogen-bond acceptors (Lipinski definition) is 7. The number of nitrogens with zero attached hydrogens (tertiary/aromatic N) is 2. The van der Waals surface area contributed by atoms with E-state index < -0.39 is 22.8 Å². The van der Waals surface area contributed by atoms with Crippen LogP contribution in [0.1, 0.15) is 15.9 Å². The van der Waals surface area contributed by atoms with E-state index in [0.29, 0.717) is 16.6 Å². The third-order valence-corrected chi connectivity index (χ3v) is 4.55. The maximum atomic E-state index is 12.9. The summed E-state index contributed by atoms with van der Waals surface area (Å²) in [7, 11) is 2.54. The average Bonchev–Trinajstić information content (AvgIpc) is 2.77. The smallest absolute Gasteiger partial charge is 0.328 e. The highest BCUT2D eigenvalue weighted by atomic mass is 16.6. The number of ether oxygens (including phenoxy) is 2. The predicted octanol–water partition coefficient (Wildman–Crippen LogP) is 2.67. The minimum atomic E-state index is -1.05. The topological polar surface area (TPSA) is 121 Å². The first kappa shape index (κ1) is 20.7. The van der Waals surface area contributed by atoms with Crippen LogP contribution < -0.4 is 10.1 Å². The van der Waals surface area contributed by atoms with E-state index in [2.05, 4.69) is 10.3 Å². The number of nitro benzene ring substituents is 1. The Kier molecular flexibility index (Phi) is 6.21. The van der Waals surface area contributed by atoms with Crippen molar-refractivity contribution in [2.45, 2.75) is 12.5 Å². The molecule has 0 unspecified atom stereocenters. The van der Waals surface area contributed by atoms with E-state index in [-0.39, 0.29) is 17.9 Å². The molecule has 9 heteroatoms. The lowest BCUT2D eigenvalue weighted by atomic mass is 10.0. The minimum absolute atomic E-state index is 0.00143. The number of aromatic nitrogens is 1. The lowest BCUT2D eigenvalue weighted by Crippen LogP contribution is -2.43. The third kappa shape index (κ3) is 4.35. The van der Waals surface area contributed by atoms with Crippen molar-refractivity contribution in [3.05, 3.63) is 76.0 Å². The van der Waals surface area contributed by atoms with Crippen LogP contribution in [0.2, 0.25) is 0 Å². The van der Waals surface area contributed by atoms with Gasteiger partial charge >= 0.3 is 11.7 Å². The van der Waals surface area contributed by atoms with Crippen molar-refractivity contribution >= 4 is 28.5 Å². The maximum Gasteiger partial charge on any atom is 0.328 e. The second-order valence-electron chi connectivity index (χ2n) is 6.40. The zero-order valence-electron chi connectivity index (χ0n) is 16.3. The van der Waals surface area contributed by atoms with Gasteiger partial charge < -0.3 is 14.8 Å². The summed E-state index contributed by atoms with van der Waals surface area (Å²) in [5.74, 6) is -1.07.